The zero-order chi connectivity index (χ0) is 16.1. The van der Waals surface area contributed by atoms with Crippen molar-refractivity contribution in [1.29, 1.82) is 0 Å². The van der Waals surface area contributed by atoms with Crippen LogP contribution in [0.15, 0.2) is 48.5 Å². The van der Waals surface area contributed by atoms with Crippen LogP contribution in [-0.2, 0) is 6.54 Å². The Labute approximate surface area is 133 Å². The van der Waals surface area contributed by atoms with Gasteiger partial charge in [0, 0.05) is 6.54 Å². The first-order chi connectivity index (χ1) is 11.3. The van der Waals surface area contributed by atoms with Crippen LogP contribution in [0.25, 0.3) is 5.69 Å². The van der Waals surface area contributed by atoms with E-state index in [-0.39, 0.29) is 6.01 Å². The Balaban J connectivity index is 1.90. The molecule has 0 aliphatic carbocycles. The highest BCUT2D eigenvalue weighted by Crippen LogP contribution is 2.31. The van der Waals surface area contributed by atoms with Crippen LogP contribution in [0.5, 0.6) is 17.5 Å². The van der Waals surface area contributed by atoms with E-state index in [1.807, 2.05) is 55.6 Å². The van der Waals surface area contributed by atoms with Gasteiger partial charge in [0.05, 0.1) is 12.8 Å². The minimum absolute atomic E-state index is 0.274. The summed E-state index contributed by atoms with van der Waals surface area (Å²) in [5, 5.41) is 14.7. The number of para-hydroxylation sites is 1. The van der Waals surface area contributed by atoms with Crippen molar-refractivity contribution in [3.05, 3.63) is 54.1 Å². The van der Waals surface area contributed by atoms with Crippen molar-refractivity contribution in [2.45, 2.75) is 6.54 Å². The zero-order valence-electron chi connectivity index (χ0n) is 12.9. The van der Waals surface area contributed by atoms with Gasteiger partial charge in [0.1, 0.15) is 0 Å². The SMILES string of the molecule is CNCc1ccc(Oc2nnnn2-c2ccccc2)c(OC)c1. The molecule has 118 valence electrons. The van der Waals surface area contributed by atoms with E-state index in [0.717, 1.165) is 17.8 Å². The Hall–Kier alpha value is -2.93. The summed E-state index contributed by atoms with van der Waals surface area (Å²) in [6, 6.07) is 15.5. The van der Waals surface area contributed by atoms with Gasteiger partial charge in [-0.2, -0.15) is 4.68 Å². The number of nitrogens with one attached hydrogen (secondary N) is 1. The van der Waals surface area contributed by atoms with Crippen molar-refractivity contribution >= 4 is 0 Å². The lowest BCUT2D eigenvalue weighted by molar-refractivity contribution is 0.362. The molecule has 0 spiro atoms. The fraction of sp³-hybridized carbons (Fsp3) is 0.188. The maximum absolute atomic E-state index is 5.84. The van der Waals surface area contributed by atoms with Crippen LogP contribution in [-0.4, -0.2) is 34.4 Å². The fourth-order valence-corrected chi connectivity index (χ4v) is 2.18. The molecule has 1 aromatic heterocycles. The van der Waals surface area contributed by atoms with E-state index in [9.17, 15) is 0 Å². The van der Waals surface area contributed by atoms with Gasteiger partial charge < -0.3 is 14.8 Å². The molecule has 1 N–H and O–H groups in total. The zero-order valence-corrected chi connectivity index (χ0v) is 12.9. The van der Waals surface area contributed by atoms with Crippen LogP contribution in [0.4, 0.5) is 0 Å². The summed E-state index contributed by atoms with van der Waals surface area (Å²) in [5.74, 6) is 1.18. The van der Waals surface area contributed by atoms with Gasteiger partial charge in [-0.1, -0.05) is 29.4 Å². The molecule has 0 saturated heterocycles. The van der Waals surface area contributed by atoms with Gasteiger partial charge in [0.15, 0.2) is 11.5 Å². The van der Waals surface area contributed by atoms with Crippen LogP contribution >= 0.6 is 0 Å². The topological polar surface area (TPSA) is 74.1 Å². The lowest BCUT2D eigenvalue weighted by Gasteiger charge is -2.11. The van der Waals surface area contributed by atoms with Gasteiger partial charge in [0.25, 0.3) is 0 Å². The maximum Gasteiger partial charge on any atom is 0.346 e. The van der Waals surface area contributed by atoms with Gasteiger partial charge in [0.2, 0.25) is 0 Å². The molecule has 0 saturated carbocycles. The summed E-state index contributed by atoms with van der Waals surface area (Å²) in [5.41, 5.74) is 1.91. The Kier molecular flexibility index (Phi) is 4.49. The van der Waals surface area contributed by atoms with Crippen molar-refractivity contribution in [3.63, 3.8) is 0 Å². The van der Waals surface area contributed by atoms with Crippen molar-refractivity contribution in [2.75, 3.05) is 14.2 Å². The molecule has 0 aliphatic heterocycles. The molecule has 0 unspecified atom stereocenters. The first-order valence-corrected chi connectivity index (χ1v) is 7.15. The lowest BCUT2D eigenvalue weighted by Crippen LogP contribution is -2.05. The van der Waals surface area contributed by atoms with Crippen molar-refractivity contribution in [3.8, 4) is 23.2 Å². The number of tetrazole rings is 1. The number of benzene rings is 2. The third kappa shape index (κ3) is 3.29. The predicted octanol–water partition coefficient (Wildman–Crippen LogP) is 2.18. The van der Waals surface area contributed by atoms with E-state index in [0.29, 0.717) is 11.5 Å². The lowest BCUT2D eigenvalue weighted by atomic mass is 10.2. The van der Waals surface area contributed by atoms with Crippen LogP contribution in [0, 0.1) is 0 Å². The van der Waals surface area contributed by atoms with E-state index in [1.54, 1.807) is 7.11 Å². The highest BCUT2D eigenvalue weighted by Gasteiger charge is 2.13. The van der Waals surface area contributed by atoms with Crippen molar-refractivity contribution < 1.29 is 9.47 Å². The second-order valence-electron chi connectivity index (χ2n) is 4.83. The molecule has 0 bridgehead atoms. The molecule has 23 heavy (non-hydrogen) atoms. The van der Waals surface area contributed by atoms with Gasteiger partial charge in [-0.3, -0.25) is 0 Å². The van der Waals surface area contributed by atoms with Gasteiger partial charge in [-0.25, -0.2) is 0 Å². The standard InChI is InChI=1S/C16H17N5O2/c1-17-11-12-8-9-14(15(10-12)22-2)23-16-18-19-20-21(16)13-6-4-3-5-7-13/h3-10,17H,11H2,1-2H3. The summed E-state index contributed by atoms with van der Waals surface area (Å²) in [6.45, 7) is 0.748. The number of hydrogen-bond acceptors (Lipinski definition) is 6. The molecule has 0 fully saturated rings. The van der Waals surface area contributed by atoms with E-state index in [2.05, 4.69) is 20.8 Å². The van der Waals surface area contributed by atoms with Crippen LogP contribution < -0.4 is 14.8 Å². The highest BCUT2D eigenvalue weighted by molar-refractivity contribution is 5.44. The Morgan fingerprint density at radius 3 is 2.65 bits per heavy atom. The van der Waals surface area contributed by atoms with Crippen LogP contribution in [0.1, 0.15) is 5.56 Å². The van der Waals surface area contributed by atoms with Crippen LogP contribution in [0.3, 0.4) is 0 Å². The average molecular weight is 311 g/mol. The molecule has 3 rings (SSSR count). The fourth-order valence-electron chi connectivity index (χ4n) is 2.18. The van der Waals surface area contributed by atoms with E-state index < -0.39 is 0 Å². The van der Waals surface area contributed by atoms with Crippen LogP contribution in [0.2, 0.25) is 0 Å². The molecule has 7 nitrogen and oxygen atoms in total. The molecular formula is C16H17N5O2. The van der Waals surface area contributed by atoms with Gasteiger partial charge in [-0.05, 0) is 47.3 Å². The van der Waals surface area contributed by atoms with E-state index in [1.165, 1.54) is 4.68 Å². The predicted molar refractivity (Wildman–Crippen MR) is 85.0 cm³/mol. The molecule has 1 heterocycles. The number of aromatic nitrogens is 4. The summed E-state index contributed by atoms with van der Waals surface area (Å²) in [6.07, 6.45) is 0. The largest absolute Gasteiger partial charge is 0.493 e. The number of hydrogen-bond donors (Lipinski definition) is 1. The number of rotatable bonds is 6. The Bertz CT molecular complexity index is 773. The Morgan fingerprint density at radius 1 is 1.09 bits per heavy atom. The normalized spacial score (nSPS) is 10.5. The van der Waals surface area contributed by atoms with Gasteiger partial charge in [-0.15, -0.1) is 0 Å². The minimum atomic E-state index is 0.274. The number of ether oxygens (including phenoxy) is 2. The molecular weight excluding hydrogens is 294 g/mol. The third-order valence-electron chi connectivity index (χ3n) is 3.25. The second-order valence-corrected chi connectivity index (χ2v) is 4.83. The first-order valence-electron chi connectivity index (χ1n) is 7.15. The van der Waals surface area contributed by atoms with Gasteiger partial charge >= 0.3 is 6.01 Å². The molecule has 0 amide bonds. The number of nitrogens with zero attached hydrogens (tertiary/aromatic N) is 4. The molecule has 0 atom stereocenters. The highest BCUT2D eigenvalue weighted by atomic mass is 16.5. The van der Waals surface area contributed by atoms with Crippen molar-refractivity contribution in [2.24, 2.45) is 0 Å². The first kappa shape index (κ1) is 15.0. The summed E-state index contributed by atoms with van der Waals surface area (Å²) < 4.78 is 12.8. The quantitative estimate of drug-likeness (QED) is 0.752. The summed E-state index contributed by atoms with van der Waals surface area (Å²) in [7, 11) is 3.50. The molecule has 0 radical (unpaired) electrons. The maximum atomic E-state index is 5.84. The smallest absolute Gasteiger partial charge is 0.346 e. The Morgan fingerprint density at radius 2 is 1.91 bits per heavy atom. The van der Waals surface area contributed by atoms with Crippen molar-refractivity contribution in [1.82, 2.24) is 25.5 Å². The minimum Gasteiger partial charge on any atom is -0.493 e. The molecule has 7 heteroatoms. The summed E-state index contributed by atoms with van der Waals surface area (Å²) >= 11 is 0. The number of methoxy groups -OCH3 is 1. The molecule has 3 aromatic rings. The van der Waals surface area contributed by atoms with E-state index in [4.69, 9.17) is 9.47 Å². The summed E-state index contributed by atoms with van der Waals surface area (Å²) in [4.78, 5) is 0. The molecule has 2 aromatic carbocycles. The monoisotopic (exact) mass is 311 g/mol. The second kappa shape index (κ2) is 6.89. The van der Waals surface area contributed by atoms with E-state index >= 15 is 0 Å². The third-order valence-corrected chi connectivity index (χ3v) is 3.25. The molecule has 0 aliphatic rings. The average Bonchev–Trinajstić information content (AvgIpc) is 3.05.